The summed E-state index contributed by atoms with van der Waals surface area (Å²) in [5.74, 6) is 0.798. The van der Waals surface area contributed by atoms with Crippen LogP contribution in [0, 0.1) is 0 Å². The van der Waals surface area contributed by atoms with E-state index in [0.29, 0.717) is 5.02 Å². The lowest BCUT2D eigenvalue weighted by Crippen LogP contribution is -2.06. The summed E-state index contributed by atoms with van der Waals surface area (Å²) >= 11 is 7.66. The molecule has 3 heteroatoms. The van der Waals surface area contributed by atoms with Crippen LogP contribution >= 0.6 is 23.4 Å². The Morgan fingerprint density at radius 1 is 1.38 bits per heavy atom. The highest BCUT2D eigenvalue weighted by Gasteiger charge is 2.08. The third-order valence-electron chi connectivity index (χ3n) is 1.50. The van der Waals surface area contributed by atoms with Crippen LogP contribution in [0.3, 0.4) is 0 Å². The van der Waals surface area contributed by atoms with Gasteiger partial charge >= 0.3 is 0 Å². The molecule has 1 aromatic carbocycles. The number of benzene rings is 1. The second-order valence-corrected chi connectivity index (χ2v) is 4.19. The van der Waals surface area contributed by atoms with Crippen molar-refractivity contribution >= 4 is 23.4 Å². The molecule has 0 atom stereocenters. The first kappa shape index (κ1) is 10.7. The Balaban J connectivity index is 3.00. The standard InChI is InChI=1S/C10H13ClOS/c1-7(2)12-10-8(11)5-4-6-9(10)13-3/h4-7H,1-3H3. The van der Waals surface area contributed by atoms with Gasteiger partial charge in [0.2, 0.25) is 0 Å². The molecule has 0 saturated carbocycles. The molecule has 1 rings (SSSR count). The summed E-state index contributed by atoms with van der Waals surface area (Å²) in [6.45, 7) is 3.99. The zero-order valence-corrected chi connectivity index (χ0v) is 9.58. The Kier molecular flexibility index (Phi) is 3.94. The maximum atomic E-state index is 6.01. The lowest BCUT2D eigenvalue weighted by Gasteiger charge is -2.14. The normalized spacial score (nSPS) is 10.5. The molecule has 0 unspecified atom stereocenters. The first-order valence-electron chi connectivity index (χ1n) is 4.14. The van der Waals surface area contributed by atoms with Crippen LogP contribution in [0.1, 0.15) is 13.8 Å². The van der Waals surface area contributed by atoms with Gasteiger partial charge in [-0.2, -0.15) is 0 Å². The van der Waals surface area contributed by atoms with Crippen molar-refractivity contribution < 1.29 is 4.74 Å². The number of thioether (sulfide) groups is 1. The highest BCUT2D eigenvalue weighted by Crippen LogP contribution is 2.34. The predicted octanol–water partition coefficient (Wildman–Crippen LogP) is 3.85. The van der Waals surface area contributed by atoms with E-state index in [1.165, 1.54) is 0 Å². The number of halogens is 1. The Bertz CT molecular complexity index is 286. The maximum Gasteiger partial charge on any atom is 0.151 e. The zero-order valence-electron chi connectivity index (χ0n) is 8.00. The SMILES string of the molecule is CSc1cccc(Cl)c1OC(C)C. The van der Waals surface area contributed by atoms with Crippen molar-refractivity contribution in [3.8, 4) is 5.75 Å². The van der Waals surface area contributed by atoms with Crippen LogP contribution in [0.25, 0.3) is 0 Å². The quantitative estimate of drug-likeness (QED) is 0.710. The van der Waals surface area contributed by atoms with Gasteiger partial charge < -0.3 is 4.74 Å². The molecule has 0 saturated heterocycles. The van der Waals surface area contributed by atoms with Gasteiger partial charge in [0.1, 0.15) is 0 Å². The van der Waals surface area contributed by atoms with Gasteiger partial charge in [-0.1, -0.05) is 17.7 Å². The van der Waals surface area contributed by atoms with E-state index < -0.39 is 0 Å². The highest BCUT2D eigenvalue weighted by molar-refractivity contribution is 7.98. The molecule has 0 radical (unpaired) electrons. The van der Waals surface area contributed by atoms with Crippen molar-refractivity contribution in [2.75, 3.05) is 6.26 Å². The van der Waals surface area contributed by atoms with Gasteiger partial charge in [0, 0.05) is 0 Å². The predicted molar refractivity (Wildman–Crippen MR) is 59.0 cm³/mol. The summed E-state index contributed by atoms with van der Waals surface area (Å²) in [5, 5.41) is 0.681. The molecule has 0 bridgehead atoms. The largest absolute Gasteiger partial charge is 0.488 e. The fourth-order valence-electron chi connectivity index (χ4n) is 1.000. The van der Waals surface area contributed by atoms with Crippen LogP contribution in [-0.4, -0.2) is 12.4 Å². The molecular weight excluding hydrogens is 204 g/mol. The number of hydrogen-bond acceptors (Lipinski definition) is 2. The Morgan fingerprint density at radius 3 is 2.62 bits per heavy atom. The summed E-state index contributed by atoms with van der Waals surface area (Å²) in [6.07, 6.45) is 2.17. The van der Waals surface area contributed by atoms with Crippen molar-refractivity contribution in [3.63, 3.8) is 0 Å². The Morgan fingerprint density at radius 2 is 2.08 bits per heavy atom. The number of hydrogen-bond donors (Lipinski definition) is 0. The molecule has 0 aliphatic rings. The first-order chi connectivity index (χ1) is 6.15. The first-order valence-corrected chi connectivity index (χ1v) is 5.74. The van der Waals surface area contributed by atoms with Crippen LogP contribution in [0.4, 0.5) is 0 Å². The van der Waals surface area contributed by atoms with Crippen molar-refractivity contribution in [2.45, 2.75) is 24.8 Å². The van der Waals surface area contributed by atoms with E-state index in [9.17, 15) is 0 Å². The van der Waals surface area contributed by atoms with Crippen LogP contribution in [-0.2, 0) is 0 Å². The van der Waals surface area contributed by atoms with Crippen molar-refractivity contribution in [2.24, 2.45) is 0 Å². The molecule has 13 heavy (non-hydrogen) atoms. The van der Waals surface area contributed by atoms with Crippen LogP contribution in [0.5, 0.6) is 5.75 Å². The number of para-hydroxylation sites is 1. The summed E-state index contributed by atoms with van der Waals surface area (Å²) in [6, 6.07) is 5.79. The molecule has 1 nitrogen and oxygen atoms in total. The van der Waals surface area contributed by atoms with Crippen LogP contribution in [0.15, 0.2) is 23.1 Å². The molecule has 72 valence electrons. The minimum absolute atomic E-state index is 0.158. The lowest BCUT2D eigenvalue weighted by molar-refractivity contribution is 0.237. The Hall–Kier alpha value is -0.340. The van der Waals surface area contributed by atoms with E-state index >= 15 is 0 Å². The second-order valence-electron chi connectivity index (χ2n) is 2.94. The van der Waals surface area contributed by atoms with E-state index in [1.807, 2.05) is 38.3 Å². The molecule has 0 heterocycles. The van der Waals surface area contributed by atoms with Gasteiger partial charge in [0.25, 0.3) is 0 Å². The average molecular weight is 217 g/mol. The zero-order chi connectivity index (χ0) is 9.84. The van der Waals surface area contributed by atoms with E-state index in [-0.39, 0.29) is 6.10 Å². The minimum Gasteiger partial charge on any atom is -0.488 e. The lowest BCUT2D eigenvalue weighted by atomic mass is 10.3. The molecule has 0 fully saturated rings. The van der Waals surface area contributed by atoms with Gasteiger partial charge in [-0.25, -0.2) is 0 Å². The topological polar surface area (TPSA) is 9.23 Å². The van der Waals surface area contributed by atoms with E-state index in [4.69, 9.17) is 16.3 Å². The van der Waals surface area contributed by atoms with Crippen molar-refractivity contribution in [3.05, 3.63) is 23.2 Å². The summed E-state index contributed by atoms with van der Waals surface area (Å²) in [7, 11) is 0. The third kappa shape index (κ3) is 2.82. The van der Waals surface area contributed by atoms with Gasteiger partial charge in [0.15, 0.2) is 5.75 Å². The van der Waals surface area contributed by atoms with E-state index in [2.05, 4.69) is 0 Å². The molecule has 0 amide bonds. The van der Waals surface area contributed by atoms with Gasteiger partial charge in [-0.15, -0.1) is 11.8 Å². The monoisotopic (exact) mass is 216 g/mol. The molecule has 0 aliphatic heterocycles. The molecule has 0 spiro atoms. The fourth-order valence-corrected chi connectivity index (χ4v) is 1.83. The molecule has 0 aliphatic carbocycles. The molecule has 0 N–H and O–H groups in total. The average Bonchev–Trinajstić information content (AvgIpc) is 2.08. The number of ether oxygens (including phenoxy) is 1. The summed E-state index contributed by atoms with van der Waals surface area (Å²) < 4.78 is 5.61. The summed E-state index contributed by atoms with van der Waals surface area (Å²) in [4.78, 5) is 1.08. The second kappa shape index (κ2) is 4.77. The van der Waals surface area contributed by atoms with E-state index in [1.54, 1.807) is 11.8 Å². The summed E-state index contributed by atoms with van der Waals surface area (Å²) in [5.41, 5.74) is 0. The van der Waals surface area contributed by atoms with Gasteiger partial charge in [-0.05, 0) is 32.2 Å². The molecule has 0 aromatic heterocycles. The van der Waals surface area contributed by atoms with Crippen molar-refractivity contribution in [1.29, 1.82) is 0 Å². The third-order valence-corrected chi connectivity index (χ3v) is 2.56. The Labute approximate surface area is 88.4 Å². The fraction of sp³-hybridized carbons (Fsp3) is 0.400. The highest BCUT2D eigenvalue weighted by atomic mass is 35.5. The van der Waals surface area contributed by atoms with E-state index in [0.717, 1.165) is 10.6 Å². The van der Waals surface area contributed by atoms with Crippen LogP contribution in [0.2, 0.25) is 5.02 Å². The maximum absolute atomic E-state index is 6.01. The van der Waals surface area contributed by atoms with Gasteiger partial charge in [-0.3, -0.25) is 0 Å². The van der Waals surface area contributed by atoms with Gasteiger partial charge in [0.05, 0.1) is 16.0 Å². The minimum atomic E-state index is 0.158. The van der Waals surface area contributed by atoms with Crippen LogP contribution < -0.4 is 4.74 Å². The number of rotatable bonds is 3. The molecular formula is C10H13ClOS. The molecule has 1 aromatic rings. The van der Waals surface area contributed by atoms with Crippen molar-refractivity contribution in [1.82, 2.24) is 0 Å². The smallest absolute Gasteiger partial charge is 0.151 e.